The molecule has 5 nitrogen and oxygen atoms in total. The number of hydrogen-bond acceptors (Lipinski definition) is 4. The molecule has 0 fully saturated rings. The monoisotopic (exact) mass is 541 g/mol. The third-order valence-corrected chi connectivity index (χ3v) is 5.74. The van der Waals surface area contributed by atoms with E-state index in [4.69, 9.17) is 37.8 Å². The molecule has 168 valence electrons. The highest BCUT2D eigenvalue weighted by molar-refractivity contribution is 9.10. The molecule has 3 rings (SSSR count). The summed E-state index contributed by atoms with van der Waals surface area (Å²) in [7, 11) is 0. The third kappa shape index (κ3) is 5.85. The Morgan fingerprint density at radius 3 is 2.56 bits per heavy atom. The Hall–Kier alpha value is -2.48. The van der Waals surface area contributed by atoms with E-state index in [0.717, 1.165) is 5.56 Å². The summed E-state index contributed by atoms with van der Waals surface area (Å²) in [6.45, 7) is 2.62. The first-order valence-electron chi connectivity index (χ1n) is 9.57. The Kier molecular flexibility index (Phi) is 8.23. The number of carboxylic acid groups (broad SMARTS) is 1. The SMILES string of the molecule is CCOc1cc(CNc2ccc(C(=O)O)c(Cl)c2)cc(Br)c1OCc1c(F)cccc1Cl. The second-order valence-electron chi connectivity index (χ2n) is 6.68. The number of halogens is 4. The van der Waals surface area contributed by atoms with Crippen molar-refractivity contribution < 1.29 is 23.8 Å². The smallest absolute Gasteiger partial charge is 0.337 e. The molecule has 0 amide bonds. The van der Waals surface area contributed by atoms with Gasteiger partial charge in [-0.3, -0.25) is 0 Å². The molecule has 0 aliphatic carbocycles. The van der Waals surface area contributed by atoms with Crippen molar-refractivity contribution in [2.45, 2.75) is 20.1 Å². The van der Waals surface area contributed by atoms with E-state index in [-0.39, 0.29) is 27.8 Å². The lowest BCUT2D eigenvalue weighted by atomic mass is 10.1. The Balaban J connectivity index is 1.77. The topological polar surface area (TPSA) is 67.8 Å². The Morgan fingerprint density at radius 1 is 1.12 bits per heavy atom. The van der Waals surface area contributed by atoms with Gasteiger partial charge in [-0.2, -0.15) is 0 Å². The van der Waals surface area contributed by atoms with Crippen LogP contribution in [0.2, 0.25) is 10.0 Å². The standard InChI is InChI=1S/C23H19BrCl2FNO4/c1-2-31-21-9-13(11-28-14-6-7-15(23(29)30)19(26)10-14)8-17(24)22(21)32-12-16-18(25)4-3-5-20(16)27/h3-10,28H,2,11-12H2,1H3,(H,29,30). The number of anilines is 1. The molecule has 32 heavy (non-hydrogen) atoms. The third-order valence-electron chi connectivity index (χ3n) is 4.49. The number of benzene rings is 3. The number of carbonyl (C=O) groups is 1. The number of aromatic carboxylic acids is 1. The average Bonchev–Trinajstić information content (AvgIpc) is 2.73. The van der Waals surface area contributed by atoms with E-state index in [2.05, 4.69) is 21.2 Å². The van der Waals surface area contributed by atoms with Crippen LogP contribution in [0.1, 0.15) is 28.4 Å². The molecule has 0 saturated carbocycles. The van der Waals surface area contributed by atoms with Crippen LogP contribution in [-0.4, -0.2) is 17.7 Å². The fraction of sp³-hybridized carbons (Fsp3) is 0.174. The van der Waals surface area contributed by atoms with Gasteiger partial charge in [0.25, 0.3) is 0 Å². The number of carboxylic acids is 1. The van der Waals surface area contributed by atoms with Crippen LogP contribution in [0.15, 0.2) is 53.0 Å². The largest absolute Gasteiger partial charge is 0.490 e. The van der Waals surface area contributed by atoms with Gasteiger partial charge in [-0.05, 0) is 70.9 Å². The second-order valence-corrected chi connectivity index (χ2v) is 8.35. The molecule has 0 heterocycles. The first-order chi connectivity index (χ1) is 15.3. The predicted molar refractivity (Wildman–Crippen MR) is 127 cm³/mol. The van der Waals surface area contributed by atoms with Gasteiger partial charge in [0.1, 0.15) is 12.4 Å². The average molecular weight is 543 g/mol. The van der Waals surface area contributed by atoms with Crippen molar-refractivity contribution in [2.75, 3.05) is 11.9 Å². The van der Waals surface area contributed by atoms with Crippen LogP contribution in [0.4, 0.5) is 10.1 Å². The number of rotatable bonds is 9. The molecule has 3 aromatic rings. The van der Waals surface area contributed by atoms with E-state index in [1.807, 2.05) is 19.1 Å². The van der Waals surface area contributed by atoms with E-state index in [9.17, 15) is 9.18 Å². The van der Waals surface area contributed by atoms with E-state index >= 15 is 0 Å². The molecule has 0 bridgehead atoms. The summed E-state index contributed by atoms with van der Waals surface area (Å²) in [5.74, 6) is -0.603. The lowest BCUT2D eigenvalue weighted by molar-refractivity contribution is 0.0697. The van der Waals surface area contributed by atoms with Crippen LogP contribution in [0.5, 0.6) is 11.5 Å². The zero-order valence-electron chi connectivity index (χ0n) is 16.9. The van der Waals surface area contributed by atoms with Crippen molar-refractivity contribution in [3.8, 4) is 11.5 Å². The molecule has 9 heteroatoms. The summed E-state index contributed by atoms with van der Waals surface area (Å²) >= 11 is 15.6. The van der Waals surface area contributed by atoms with Crippen LogP contribution in [0.25, 0.3) is 0 Å². The van der Waals surface area contributed by atoms with Crippen molar-refractivity contribution in [1.82, 2.24) is 0 Å². The lowest BCUT2D eigenvalue weighted by Gasteiger charge is -2.17. The fourth-order valence-corrected chi connectivity index (χ4v) is 4.03. The minimum atomic E-state index is -1.08. The Labute approximate surface area is 203 Å². The van der Waals surface area contributed by atoms with Gasteiger partial charge >= 0.3 is 5.97 Å². The molecule has 0 unspecified atom stereocenters. The van der Waals surface area contributed by atoms with Crippen LogP contribution in [0.3, 0.4) is 0 Å². The van der Waals surface area contributed by atoms with E-state index in [1.165, 1.54) is 18.2 Å². The van der Waals surface area contributed by atoms with Crippen molar-refractivity contribution >= 4 is 50.8 Å². The highest BCUT2D eigenvalue weighted by Crippen LogP contribution is 2.38. The highest BCUT2D eigenvalue weighted by Gasteiger charge is 2.15. The van der Waals surface area contributed by atoms with Gasteiger partial charge in [-0.25, -0.2) is 9.18 Å². The summed E-state index contributed by atoms with van der Waals surface area (Å²) in [4.78, 5) is 11.1. The number of hydrogen-bond donors (Lipinski definition) is 2. The highest BCUT2D eigenvalue weighted by atomic mass is 79.9. The van der Waals surface area contributed by atoms with Gasteiger partial charge in [0.15, 0.2) is 11.5 Å². The van der Waals surface area contributed by atoms with Crippen LogP contribution >= 0.6 is 39.1 Å². The quantitative estimate of drug-likeness (QED) is 0.299. The van der Waals surface area contributed by atoms with Gasteiger partial charge < -0.3 is 19.9 Å². The first kappa shape index (κ1) is 24.2. The van der Waals surface area contributed by atoms with Gasteiger partial charge in [-0.1, -0.05) is 29.3 Å². The van der Waals surface area contributed by atoms with Crippen LogP contribution in [-0.2, 0) is 13.2 Å². The van der Waals surface area contributed by atoms with Crippen molar-refractivity contribution in [2.24, 2.45) is 0 Å². The summed E-state index contributed by atoms with van der Waals surface area (Å²) in [6, 6.07) is 12.8. The second kappa shape index (κ2) is 10.9. The van der Waals surface area contributed by atoms with Crippen LogP contribution in [0, 0.1) is 5.82 Å². The maximum absolute atomic E-state index is 14.1. The summed E-state index contributed by atoms with van der Waals surface area (Å²) in [6.07, 6.45) is 0. The fourth-order valence-electron chi connectivity index (χ4n) is 2.94. The lowest BCUT2D eigenvalue weighted by Crippen LogP contribution is -2.05. The molecule has 0 saturated heterocycles. The van der Waals surface area contributed by atoms with Crippen molar-refractivity contribution in [3.05, 3.63) is 85.6 Å². The maximum atomic E-state index is 14.1. The van der Waals surface area contributed by atoms with Crippen LogP contribution < -0.4 is 14.8 Å². The normalized spacial score (nSPS) is 10.7. The molecule has 3 aromatic carbocycles. The minimum absolute atomic E-state index is 0.0371. The summed E-state index contributed by atoms with van der Waals surface area (Å²) < 4.78 is 26.3. The van der Waals surface area contributed by atoms with E-state index in [0.29, 0.717) is 34.8 Å². The van der Waals surface area contributed by atoms with Gasteiger partial charge in [0.05, 0.1) is 26.7 Å². The summed E-state index contributed by atoms with van der Waals surface area (Å²) in [5.41, 5.74) is 1.84. The molecule has 0 spiro atoms. The molecular weight excluding hydrogens is 524 g/mol. The van der Waals surface area contributed by atoms with Gasteiger partial charge in [0.2, 0.25) is 0 Å². The first-order valence-corrected chi connectivity index (χ1v) is 11.1. The predicted octanol–water partition coefficient (Wildman–Crippen LogP) is 7.18. The summed E-state index contributed by atoms with van der Waals surface area (Å²) in [5, 5.41) is 12.7. The maximum Gasteiger partial charge on any atom is 0.337 e. The molecule has 0 aliphatic heterocycles. The molecule has 0 aromatic heterocycles. The molecular formula is C23H19BrCl2FNO4. The van der Waals surface area contributed by atoms with E-state index in [1.54, 1.807) is 18.2 Å². The van der Waals surface area contributed by atoms with Crippen molar-refractivity contribution in [3.63, 3.8) is 0 Å². The molecule has 0 aliphatic rings. The molecule has 0 radical (unpaired) electrons. The Morgan fingerprint density at radius 2 is 1.91 bits per heavy atom. The molecule has 0 atom stereocenters. The zero-order valence-corrected chi connectivity index (χ0v) is 20.0. The number of nitrogens with one attached hydrogen (secondary N) is 1. The van der Waals surface area contributed by atoms with Crippen molar-refractivity contribution in [1.29, 1.82) is 0 Å². The van der Waals surface area contributed by atoms with Gasteiger partial charge in [-0.15, -0.1) is 0 Å². The molecule has 2 N–H and O–H groups in total. The zero-order chi connectivity index (χ0) is 23.3. The van der Waals surface area contributed by atoms with E-state index < -0.39 is 11.8 Å². The Bertz CT molecular complexity index is 1120. The minimum Gasteiger partial charge on any atom is -0.490 e. The van der Waals surface area contributed by atoms with Gasteiger partial charge in [0, 0.05) is 17.8 Å². The number of ether oxygens (including phenoxy) is 2.